The molecule has 2 amide bonds. The number of amides is 2. The summed E-state index contributed by atoms with van der Waals surface area (Å²) in [5.41, 5.74) is 7.74. The number of nitrogens with zero attached hydrogens (tertiary/aromatic N) is 3. The highest BCUT2D eigenvalue weighted by molar-refractivity contribution is 8.01. The molecule has 32 heavy (non-hydrogen) atoms. The van der Waals surface area contributed by atoms with Crippen molar-refractivity contribution >= 4 is 58.3 Å². The molecule has 1 aromatic carbocycles. The van der Waals surface area contributed by atoms with E-state index in [2.05, 4.69) is 15.5 Å². The molecule has 9 nitrogen and oxygen atoms in total. The Bertz CT molecular complexity index is 1100. The Morgan fingerprint density at radius 3 is 2.81 bits per heavy atom. The van der Waals surface area contributed by atoms with E-state index in [4.69, 9.17) is 5.73 Å². The van der Waals surface area contributed by atoms with Crippen molar-refractivity contribution in [2.75, 3.05) is 17.2 Å². The van der Waals surface area contributed by atoms with Crippen molar-refractivity contribution in [3.8, 4) is 0 Å². The number of nitrogens with two attached hydrogens (primary N) is 1. The maximum Gasteiger partial charge on any atom is 0.352 e. The highest BCUT2D eigenvalue weighted by atomic mass is 32.2. The van der Waals surface area contributed by atoms with Crippen LogP contribution in [-0.4, -0.2) is 60.9 Å². The highest BCUT2D eigenvalue weighted by Gasteiger charge is 2.54. The molecule has 0 radical (unpaired) electrons. The van der Waals surface area contributed by atoms with E-state index < -0.39 is 23.3 Å². The first-order valence-corrected chi connectivity index (χ1v) is 12.7. The van der Waals surface area contributed by atoms with Crippen LogP contribution < -0.4 is 11.1 Å². The summed E-state index contributed by atoms with van der Waals surface area (Å²) in [4.78, 5) is 38.5. The third-order valence-corrected chi connectivity index (χ3v) is 8.72. The molecule has 1 aromatic heterocycles. The highest BCUT2D eigenvalue weighted by Crippen LogP contribution is 2.41. The second-order valence-electron chi connectivity index (χ2n) is 7.19. The first-order valence-electron chi connectivity index (χ1n) is 9.87. The van der Waals surface area contributed by atoms with Crippen molar-refractivity contribution in [1.82, 2.24) is 20.4 Å². The summed E-state index contributed by atoms with van der Waals surface area (Å²) in [5.74, 6) is -1.02. The molecule has 2 aliphatic heterocycles. The van der Waals surface area contributed by atoms with Gasteiger partial charge in [0.2, 0.25) is 5.91 Å². The fraction of sp³-hybridized carbons (Fsp3) is 0.350. The lowest BCUT2D eigenvalue weighted by atomic mass is 10.0. The Morgan fingerprint density at radius 2 is 2.12 bits per heavy atom. The summed E-state index contributed by atoms with van der Waals surface area (Å²) in [5, 5.41) is 21.2. The Labute approximate surface area is 196 Å². The average molecular weight is 492 g/mol. The lowest BCUT2D eigenvalue weighted by Gasteiger charge is -2.49. The molecule has 2 atom stereocenters. The largest absolute Gasteiger partial charge is 0.477 e. The second kappa shape index (κ2) is 9.51. The van der Waals surface area contributed by atoms with Gasteiger partial charge in [0.15, 0.2) is 4.34 Å². The topological polar surface area (TPSA) is 139 Å². The molecule has 1 saturated heterocycles. The molecule has 168 valence electrons. The van der Waals surface area contributed by atoms with Crippen LogP contribution in [0.25, 0.3) is 0 Å². The average Bonchev–Trinajstić information content (AvgIpc) is 3.25. The standard InChI is InChI=1S/C20H21N5O4S3/c1-2-14-23-24-20(32-14)31-9-11-8-30-18-15(17(27)25(18)16(11)19(28)29)22-13(26)7-10-5-3-4-6-12(10)21/h3-6,15,18H,2,7-9,21H2,1H3,(H,22,26)(H,28,29)/t15?,18-/m1/s1. The van der Waals surface area contributed by atoms with E-state index in [0.29, 0.717) is 28.3 Å². The number of carbonyl (C=O) groups is 3. The number of β-lactam (4-membered cyclic amide) rings is 1. The number of carboxylic acid groups (broad SMARTS) is 1. The third kappa shape index (κ3) is 4.48. The number of benzene rings is 1. The number of rotatable bonds is 8. The van der Waals surface area contributed by atoms with Gasteiger partial charge in [-0.3, -0.25) is 14.5 Å². The van der Waals surface area contributed by atoms with Gasteiger partial charge in [-0.15, -0.1) is 22.0 Å². The van der Waals surface area contributed by atoms with E-state index in [1.54, 1.807) is 24.3 Å². The molecule has 2 aliphatic rings. The maximum atomic E-state index is 12.8. The number of anilines is 1. The third-order valence-electron chi connectivity index (χ3n) is 5.09. The molecular formula is C20H21N5O4S3. The quantitative estimate of drug-likeness (QED) is 0.286. The number of aromatic nitrogens is 2. The predicted octanol–water partition coefficient (Wildman–Crippen LogP) is 1.76. The number of nitrogens with one attached hydrogen (secondary N) is 1. The van der Waals surface area contributed by atoms with Crippen LogP contribution >= 0.6 is 34.9 Å². The minimum Gasteiger partial charge on any atom is -0.477 e. The number of hydrogen-bond donors (Lipinski definition) is 3. The number of thioether (sulfide) groups is 2. The Hall–Kier alpha value is -2.57. The van der Waals surface area contributed by atoms with E-state index in [1.807, 2.05) is 6.92 Å². The number of fused-ring (bicyclic) bond motifs is 1. The van der Waals surface area contributed by atoms with Crippen LogP contribution in [0, 0.1) is 0 Å². The number of carbonyl (C=O) groups excluding carboxylic acids is 2. The summed E-state index contributed by atoms with van der Waals surface area (Å²) in [6.45, 7) is 2.00. The van der Waals surface area contributed by atoms with Crippen LogP contribution in [-0.2, 0) is 27.2 Å². The smallest absolute Gasteiger partial charge is 0.352 e. The summed E-state index contributed by atoms with van der Waals surface area (Å²) < 4.78 is 0.770. The van der Waals surface area contributed by atoms with Crippen molar-refractivity contribution in [3.05, 3.63) is 46.1 Å². The summed E-state index contributed by atoms with van der Waals surface area (Å²) in [6, 6.07) is 6.29. The van der Waals surface area contributed by atoms with Crippen molar-refractivity contribution in [1.29, 1.82) is 0 Å². The summed E-state index contributed by atoms with van der Waals surface area (Å²) in [6.07, 6.45) is 0.851. The SMILES string of the molecule is CCc1nnc(SCC2=C(C(=O)O)N3C(=O)C(NC(=O)Cc4ccccc4N)[C@H]3SC2)s1. The molecule has 3 heterocycles. The van der Waals surface area contributed by atoms with Gasteiger partial charge in [-0.05, 0) is 23.6 Å². The number of aryl methyl sites for hydroxylation is 1. The summed E-state index contributed by atoms with van der Waals surface area (Å²) in [7, 11) is 0. The van der Waals surface area contributed by atoms with Gasteiger partial charge in [-0.2, -0.15) is 0 Å². The zero-order valence-electron chi connectivity index (χ0n) is 17.1. The Kier molecular flexibility index (Phi) is 6.72. The minimum atomic E-state index is -1.15. The molecule has 4 rings (SSSR count). The van der Waals surface area contributed by atoms with E-state index in [1.165, 1.54) is 39.8 Å². The second-order valence-corrected chi connectivity index (χ2v) is 10.6. The van der Waals surface area contributed by atoms with E-state index in [-0.39, 0.29) is 18.0 Å². The molecule has 0 spiro atoms. The van der Waals surface area contributed by atoms with Gasteiger partial charge in [0.25, 0.3) is 5.91 Å². The fourth-order valence-electron chi connectivity index (χ4n) is 3.48. The molecule has 1 fully saturated rings. The van der Waals surface area contributed by atoms with Crippen molar-refractivity contribution in [2.45, 2.75) is 35.5 Å². The zero-order chi connectivity index (χ0) is 22.8. The van der Waals surface area contributed by atoms with Gasteiger partial charge in [0.1, 0.15) is 22.1 Å². The number of aliphatic carboxylic acids is 1. The molecule has 0 saturated carbocycles. The zero-order valence-corrected chi connectivity index (χ0v) is 19.6. The lowest BCUT2D eigenvalue weighted by molar-refractivity contribution is -0.150. The van der Waals surface area contributed by atoms with E-state index in [0.717, 1.165) is 15.8 Å². The fourth-order valence-corrected chi connectivity index (χ4v) is 6.80. The van der Waals surface area contributed by atoms with Crippen LogP contribution in [0.4, 0.5) is 5.69 Å². The molecule has 2 aromatic rings. The number of para-hydroxylation sites is 1. The number of hydrogen-bond acceptors (Lipinski definition) is 9. The molecule has 12 heteroatoms. The van der Waals surface area contributed by atoms with Crippen molar-refractivity contribution in [3.63, 3.8) is 0 Å². The van der Waals surface area contributed by atoms with E-state index in [9.17, 15) is 19.5 Å². The van der Waals surface area contributed by atoms with Crippen LogP contribution in [0.5, 0.6) is 0 Å². The monoisotopic (exact) mass is 491 g/mol. The minimum absolute atomic E-state index is 0.00397. The van der Waals surface area contributed by atoms with Gasteiger partial charge < -0.3 is 16.2 Å². The molecule has 4 N–H and O–H groups in total. The summed E-state index contributed by atoms with van der Waals surface area (Å²) >= 11 is 4.35. The van der Waals surface area contributed by atoms with Gasteiger partial charge in [-0.1, -0.05) is 48.2 Å². The normalized spacial score (nSPS) is 20.0. The van der Waals surface area contributed by atoms with Gasteiger partial charge in [-0.25, -0.2) is 4.79 Å². The van der Waals surface area contributed by atoms with Crippen LogP contribution in [0.2, 0.25) is 0 Å². The maximum absolute atomic E-state index is 12.8. The van der Waals surface area contributed by atoms with Crippen LogP contribution in [0.1, 0.15) is 17.5 Å². The van der Waals surface area contributed by atoms with Gasteiger partial charge in [0.05, 0.1) is 6.42 Å². The van der Waals surface area contributed by atoms with Gasteiger partial charge in [0, 0.05) is 17.2 Å². The van der Waals surface area contributed by atoms with Crippen LogP contribution in [0.15, 0.2) is 39.9 Å². The Balaban J connectivity index is 1.43. The van der Waals surface area contributed by atoms with Crippen LogP contribution in [0.3, 0.4) is 0 Å². The molecular weight excluding hydrogens is 470 g/mol. The van der Waals surface area contributed by atoms with Crippen molar-refractivity contribution in [2.24, 2.45) is 0 Å². The predicted molar refractivity (Wildman–Crippen MR) is 124 cm³/mol. The number of nitrogen functional groups attached to an aromatic ring is 1. The lowest BCUT2D eigenvalue weighted by Crippen LogP contribution is -2.70. The Morgan fingerprint density at radius 1 is 1.34 bits per heavy atom. The van der Waals surface area contributed by atoms with Gasteiger partial charge >= 0.3 is 5.97 Å². The van der Waals surface area contributed by atoms with E-state index >= 15 is 0 Å². The number of carboxylic acids is 1. The first-order chi connectivity index (χ1) is 15.4. The first kappa shape index (κ1) is 22.6. The molecule has 0 bridgehead atoms. The molecule has 0 aliphatic carbocycles. The molecule has 1 unspecified atom stereocenters. The van der Waals surface area contributed by atoms with Crippen molar-refractivity contribution < 1.29 is 19.5 Å².